The summed E-state index contributed by atoms with van der Waals surface area (Å²) in [7, 11) is -3.69. The first-order chi connectivity index (χ1) is 12.9. The molecule has 0 unspecified atom stereocenters. The first-order valence-corrected chi connectivity index (χ1v) is 10.2. The number of amides is 1. The number of aromatic nitrogens is 2. The molecule has 0 aliphatic carbocycles. The van der Waals surface area contributed by atoms with Crippen LogP contribution in [0, 0.1) is 6.92 Å². The highest BCUT2D eigenvalue weighted by atomic mass is 32.2. The van der Waals surface area contributed by atoms with Crippen LogP contribution in [0.2, 0.25) is 0 Å². The number of nitrogens with zero attached hydrogens (tertiary/aromatic N) is 3. The van der Waals surface area contributed by atoms with E-state index in [2.05, 4.69) is 25.0 Å². The number of carbonyl (C=O) groups is 1. The van der Waals surface area contributed by atoms with Crippen LogP contribution >= 0.6 is 0 Å². The van der Waals surface area contributed by atoms with Gasteiger partial charge in [-0.2, -0.15) is 0 Å². The average Bonchev–Trinajstić information content (AvgIpc) is 2.91. The molecule has 9 heteroatoms. The van der Waals surface area contributed by atoms with Crippen molar-refractivity contribution < 1.29 is 13.2 Å². The van der Waals surface area contributed by atoms with E-state index < -0.39 is 15.9 Å². The first-order valence-electron chi connectivity index (χ1n) is 8.70. The minimum absolute atomic E-state index is 0.113. The van der Waals surface area contributed by atoms with Gasteiger partial charge in [0.2, 0.25) is 0 Å². The molecule has 1 aliphatic rings. The second-order valence-corrected chi connectivity index (χ2v) is 7.95. The molecule has 1 aliphatic heterocycles. The summed E-state index contributed by atoms with van der Waals surface area (Å²) in [5.41, 5.74) is 1.37. The van der Waals surface area contributed by atoms with E-state index in [0.717, 1.165) is 19.3 Å². The molecule has 0 atom stereocenters. The van der Waals surface area contributed by atoms with Gasteiger partial charge in [0.15, 0.2) is 0 Å². The Morgan fingerprint density at radius 3 is 2.52 bits per heavy atom. The van der Waals surface area contributed by atoms with Crippen molar-refractivity contribution in [2.75, 3.05) is 11.9 Å². The molecular weight excluding hydrogens is 366 g/mol. The number of sulfonamides is 1. The van der Waals surface area contributed by atoms with E-state index in [4.69, 9.17) is 0 Å². The monoisotopic (exact) mass is 387 g/mol. The normalized spacial score (nSPS) is 14.8. The number of amidine groups is 1. The first kappa shape index (κ1) is 19.0. The number of hydrogen-bond acceptors (Lipinski definition) is 6. The Kier molecular flexibility index (Phi) is 5.80. The van der Waals surface area contributed by atoms with Crippen LogP contribution in [0.15, 0.2) is 46.5 Å². The number of nitrogens with one attached hydrogen (secondary N) is 2. The highest BCUT2D eigenvalue weighted by Crippen LogP contribution is 2.16. The summed E-state index contributed by atoms with van der Waals surface area (Å²) in [6, 6.07) is 5.94. The van der Waals surface area contributed by atoms with Gasteiger partial charge >= 0.3 is 0 Å². The molecule has 27 heavy (non-hydrogen) atoms. The topological polar surface area (TPSA) is 113 Å². The van der Waals surface area contributed by atoms with Crippen molar-refractivity contribution in [3.8, 4) is 0 Å². The Balaban J connectivity index is 1.67. The van der Waals surface area contributed by atoms with Gasteiger partial charge in [-0.3, -0.25) is 19.5 Å². The van der Waals surface area contributed by atoms with E-state index in [0.29, 0.717) is 30.2 Å². The van der Waals surface area contributed by atoms with Gasteiger partial charge in [0, 0.05) is 24.8 Å². The van der Waals surface area contributed by atoms with Crippen LogP contribution in [0.3, 0.4) is 0 Å². The summed E-state index contributed by atoms with van der Waals surface area (Å²) >= 11 is 0. The van der Waals surface area contributed by atoms with Crippen molar-refractivity contribution in [2.24, 2.45) is 4.99 Å². The van der Waals surface area contributed by atoms with Crippen molar-refractivity contribution in [3.63, 3.8) is 0 Å². The van der Waals surface area contributed by atoms with Crippen molar-refractivity contribution >= 4 is 27.5 Å². The smallest absolute Gasteiger partial charge is 0.275 e. The molecule has 0 bridgehead atoms. The average molecular weight is 387 g/mol. The summed E-state index contributed by atoms with van der Waals surface area (Å²) in [5.74, 6) is 0.0897. The van der Waals surface area contributed by atoms with Gasteiger partial charge in [-0.1, -0.05) is 6.42 Å². The van der Waals surface area contributed by atoms with E-state index in [-0.39, 0.29) is 10.6 Å². The molecule has 0 saturated carbocycles. The van der Waals surface area contributed by atoms with Crippen LogP contribution in [-0.4, -0.2) is 36.7 Å². The van der Waals surface area contributed by atoms with Crippen molar-refractivity contribution in [1.82, 2.24) is 14.7 Å². The van der Waals surface area contributed by atoms with Crippen LogP contribution in [0.4, 0.5) is 5.69 Å². The largest absolute Gasteiger partial charge is 0.321 e. The zero-order valence-corrected chi connectivity index (χ0v) is 15.8. The molecular formula is C18H21N5O3S. The maximum atomic E-state index is 12.5. The molecule has 2 N–H and O–H groups in total. The number of anilines is 1. The van der Waals surface area contributed by atoms with E-state index in [1.54, 1.807) is 6.92 Å². The highest BCUT2D eigenvalue weighted by Gasteiger charge is 2.17. The van der Waals surface area contributed by atoms with Gasteiger partial charge in [0.05, 0.1) is 16.8 Å². The second kappa shape index (κ2) is 8.26. The Morgan fingerprint density at radius 2 is 1.81 bits per heavy atom. The lowest BCUT2D eigenvalue weighted by molar-refractivity contribution is 0.102. The molecule has 1 aromatic heterocycles. The predicted octanol–water partition coefficient (Wildman–Crippen LogP) is 2.29. The Bertz CT molecular complexity index is 938. The maximum Gasteiger partial charge on any atom is 0.275 e. The van der Waals surface area contributed by atoms with E-state index in [1.807, 2.05) is 0 Å². The van der Waals surface area contributed by atoms with Crippen molar-refractivity contribution in [3.05, 3.63) is 48.0 Å². The minimum atomic E-state index is -3.69. The second-order valence-electron chi connectivity index (χ2n) is 6.27. The molecule has 8 nitrogen and oxygen atoms in total. The van der Waals surface area contributed by atoms with Gasteiger partial charge < -0.3 is 5.32 Å². The third-order valence-corrected chi connectivity index (χ3v) is 5.46. The van der Waals surface area contributed by atoms with Crippen LogP contribution in [-0.2, 0) is 10.0 Å². The lowest BCUT2D eigenvalue weighted by Gasteiger charge is -2.10. The minimum Gasteiger partial charge on any atom is -0.321 e. The molecule has 0 spiro atoms. The lowest BCUT2D eigenvalue weighted by Crippen LogP contribution is -2.30. The van der Waals surface area contributed by atoms with E-state index in [9.17, 15) is 13.2 Å². The van der Waals surface area contributed by atoms with Crippen LogP contribution in [0.25, 0.3) is 0 Å². The number of hydrogen-bond donors (Lipinski definition) is 2. The Hall–Kier alpha value is -2.81. The van der Waals surface area contributed by atoms with Gasteiger partial charge in [-0.25, -0.2) is 13.4 Å². The zero-order valence-electron chi connectivity index (χ0n) is 15.0. The van der Waals surface area contributed by atoms with Gasteiger partial charge in [-0.05, 0) is 44.0 Å². The molecule has 3 rings (SSSR count). The van der Waals surface area contributed by atoms with Crippen molar-refractivity contribution in [1.29, 1.82) is 0 Å². The van der Waals surface area contributed by atoms with Crippen LogP contribution in [0.1, 0.15) is 41.9 Å². The van der Waals surface area contributed by atoms with Crippen LogP contribution < -0.4 is 10.0 Å². The fourth-order valence-electron chi connectivity index (χ4n) is 2.59. The number of aliphatic imine (C=N–C) groups is 1. The summed E-state index contributed by atoms with van der Waals surface area (Å²) in [6.07, 6.45) is 6.48. The molecule has 2 aromatic rings. The third-order valence-electron chi connectivity index (χ3n) is 4.06. The van der Waals surface area contributed by atoms with Gasteiger partial charge in [0.25, 0.3) is 15.9 Å². The predicted molar refractivity (Wildman–Crippen MR) is 102 cm³/mol. The molecule has 0 saturated heterocycles. The number of carbonyl (C=O) groups excluding carboxylic acids is 1. The zero-order chi connectivity index (χ0) is 19.3. The molecule has 0 radical (unpaired) electrons. The standard InChI is InChI=1S/C18H21N5O3S/c1-13-11-21-16(12-20-13)18(24)22-14-6-8-15(9-7-14)27(25,26)23-17-5-3-2-4-10-19-17/h6-9,11-12H,2-5,10H2,1H3,(H,19,23)(H,22,24). The Morgan fingerprint density at radius 1 is 1.04 bits per heavy atom. The summed E-state index contributed by atoms with van der Waals surface area (Å²) < 4.78 is 27.6. The lowest BCUT2D eigenvalue weighted by atomic mass is 10.2. The molecule has 1 aromatic carbocycles. The Labute approximate surface area is 158 Å². The number of aryl methyl sites for hydroxylation is 1. The molecule has 0 fully saturated rings. The summed E-state index contributed by atoms with van der Waals surface area (Å²) in [6.45, 7) is 2.42. The maximum absolute atomic E-state index is 12.5. The summed E-state index contributed by atoms with van der Waals surface area (Å²) in [5, 5.41) is 2.67. The molecule has 142 valence electrons. The number of benzene rings is 1. The fourth-order valence-corrected chi connectivity index (χ4v) is 3.68. The van der Waals surface area contributed by atoms with E-state index >= 15 is 0 Å². The molecule has 1 amide bonds. The van der Waals surface area contributed by atoms with E-state index in [1.165, 1.54) is 36.7 Å². The fraction of sp³-hybridized carbons (Fsp3) is 0.333. The van der Waals surface area contributed by atoms with Crippen molar-refractivity contribution in [2.45, 2.75) is 37.5 Å². The van der Waals surface area contributed by atoms with Gasteiger partial charge in [0.1, 0.15) is 11.5 Å². The number of rotatable bonds is 4. The third kappa shape index (κ3) is 5.10. The highest BCUT2D eigenvalue weighted by molar-refractivity contribution is 7.90. The SMILES string of the molecule is Cc1cnc(C(=O)Nc2ccc(S(=O)(=O)NC3=NCCCCC3)cc2)cn1. The van der Waals surface area contributed by atoms with Crippen LogP contribution in [0.5, 0.6) is 0 Å². The summed E-state index contributed by atoms with van der Waals surface area (Å²) in [4.78, 5) is 24.6. The quantitative estimate of drug-likeness (QED) is 0.835. The molecule has 2 heterocycles. The van der Waals surface area contributed by atoms with Gasteiger partial charge in [-0.15, -0.1) is 0 Å².